The number of rotatable bonds is 10. The smallest absolute Gasteiger partial charge is 0.0400 e. The van der Waals surface area contributed by atoms with Crippen molar-refractivity contribution < 1.29 is 0 Å². The van der Waals surface area contributed by atoms with Crippen LogP contribution in [0.15, 0.2) is 0 Å². The van der Waals surface area contributed by atoms with Gasteiger partial charge in [0.2, 0.25) is 0 Å². The van der Waals surface area contributed by atoms with E-state index in [1.54, 1.807) is 0 Å². The highest BCUT2D eigenvalue weighted by molar-refractivity contribution is 8.22. The molecule has 0 aliphatic carbocycles. The first-order chi connectivity index (χ1) is 7.20. The number of thiol groups is 4. The first-order valence-corrected chi connectivity index (χ1v) is 10.3. The fourth-order valence-electron chi connectivity index (χ4n) is 0.626. The molecule has 0 rings (SSSR count). The minimum absolute atomic E-state index is 0.428. The summed E-state index contributed by atoms with van der Waals surface area (Å²) in [5, 5.41) is 3.15. The van der Waals surface area contributed by atoms with E-state index in [1.165, 1.54) is 0 Å². The van der Waals surface area contributed by atoms with E-state index in [0.29, 0.717) is 10.5 Å². The zero-order chi connectivity index (χ0) is 11.5. The number of hydrogen-bond donors (Lipinski definition) is 4. The summed E-state index contributed by atoms with van der Waals surface area (Å²) in [5.41, 5.74) is 0. The lowest BCUT2D eigenvalue weighted by molar-refractivity contribution is 1.17. The SMILES string of the molecule is SCC(S)CSCSCSCC(S)CS. The standard InChI is InChI=1S/C8H18S7/c9-1-7(11)3-13-5-15-6-14-4-8(12)2-10/h7-12H,1-6H2. The molecule has 7 heteroatoms. The molecule has 0 N–H and O–H groups in total. The van der Waals surface area contributed by atoms with Gasteiger partial charge in [-0.1, -0.05) is 0 Å². The normalized spacial score (nSPS) is 15.2. The maximum atomic E-state index is 4.38. The summed E-state index contributed by atoms with van der Waals surface area (Å²) in [5.74, 6) is 3.91. The summed E-state index contributed by atoms with van der Waals surface area (Å²) in [7, 11) is 0. The summed E-state index contributed by atoms with van der Waals surface area (Å²) in [6, 6.07) is 0. The largest absolute Gasteiger partial charge is 0.178 e. The van der Waals surface area contributed by atoms with Gasteiger partial charge in [-0.15, -0.1) is 35.3 Å². The molecule has 0 saturated heterocycles. The Hall–Kier alpha value is 2.45. The monoisotopic (exact) mass is 338 g/mol. The van der Waals surface area contributed by atoms with E-state index in [1.807, 2.05) is 35.3 Å². The van der Waals surface area contributed by atoms with Crippen LogP contribution >= 0.6 is 85.8 Å². The van der Waals surface area contributed by atoms with Crippen molar-refractivity contribution >= 4 is 85.8 Å². The maximum Gasteiger partial charge on any atom is 0.0400 e. The van der Waals surface area contributed by atoms with Crippen LogP contribution in [0.4, 0.5) is 0 Å². The van der Waals surface area contributed by atoms with Gasteiger partial charge in [0.05, 0.1) is 0 Å². The zero-order valence-corrected chi connectivity index (χ0v) is 14.4. The van der Waals surface area contributed by atoms with Gasteiger partial charge in [-0.2, -0.15) is 50.5 Å². The lowest BCUT2D eigenvalue weighted by Gasteiger charge is -2.07. The van der Waals surface area contributed by atoms with Crippen molar-refractivity contribution in [2.45, 2.75) is 10.5 Å². The van der Waals surface area contributed by atoms with Gasteiger partial charge in [-0.25, -0.2) is 0 Å². The van der Waals surface area contributed by atoms with Gasteiger partial charge in [-0.3, -0.25) is 0 Å². The molecule has 0 saturated carbocycles. The molecular weight excluding hydrogens is 321 g/mol. The molecule has 0 bridgehead atoms. The van der Waals surface area contributed by atoms with Crippen LogP contribution in [0.25, 0.3) is 0 Å². The zero-order valence-electron chi connectivity index (χ0n) is 8.41. The molecule has 0 aromatic rings. The molecule has 0 aliphatic heterocycles. The molecule has 15 heavy (non-hydrogen) atoms. The first kappa shape index (κ1) is 17.4. The van der Waals surface area contributed by atoms with Crippen LogP contribution < -0.4 is 0 Å². The Balaban J connectivity index is 3.05. The van der Waals surface area contributed by atoms with Crippen molar-refractivity contribution in [2.24, 2.45) is 0 Å². The van der Waals surface area contributed by atoms with Gasteiger partial charge < -0.3 is 0 Å². The first-order valence-electron chi connectivity index (χ1n) is 4.51. The fourth-order valence-corrected chi connectivity index (χ4v) is 5.24. The highest BCUT2D eigenvalue weighted by atomic mass is 32.2. The van der Waals surface area contributed by atoms with Crippen LogP contribution in [0.1, 0.15) is 0 Å². The van der Waals surface area contributed by atoms with Crippen LogP contribution in [0.5, 0.6) is 0 Å². The minimum atomic E-state index is 0.428. The summed E-state index contributed by atoms with van der Waals surface area (Å²) in [6.45, 7) is 0. The van der Waals surface area contributed by atoms with Gasteiger partial charge in [-0.05, 0) is 0 Å². The molecular formula is C8H18S7. The molecule has 0 nitrogen and oxygen atoms in total. The number of hydrogen-bond acceptors (Lipinski definition) is 7. The lowest BCUT2D eigenvalue weighted by atomic mass is 10.6. The summed E-state index contributed by atoms with van der Waals surface area (Å²) < 4.78 is 0. The van der Waals surface area contributed by atoms with Crippen LogP contribution in [0, 0.1) is 0 Å². The molecule has 0 heterocycles. The predicted octanol–water partition coefficient (Wildman–Crippen LogP) is 3.56. The Kier molecular flexibility index (Phi) is 15.0. The second-order valence-electron chi connectivity index (χ2n) is 2.85. The van der Waals surface area contributed by atoms with Gasteiger partial charge >= 0.3 is 0 Å². The second-order valence-corrected chi connectivity index (χ2v) is 8.82. The van der Waals surface area contributed by atoms with Crippen LogP contribution in [0.2, 0.25) is 0 Å². The lowest BCUT2D eigenvalue weighted by Crippen LogP contribution is -2.04. The molecule has 92 valence electrons. The Labute approximate surface area is 128 Å². The Bertz CT molecular complexity index is 118. The topological polar surface area (TPSA) is 0 Å². The van der Waals surface area contributed by atoms with Crippen molar-refractivity contribution in [1.82, 2.24) is 0 Å². The van der Waals surface area contributed by atoms with Crippen molar-refractivity contribution in [3.8, 4) is 0 Å². The van der Waals surface area contributed by atoms with E-state index in [0.717, 1.165) is 33.2 Å². The average molecular weight is 339 g/mol. The van der Waals surface area contributed by atoms with E-state index >= 15 is 0 Å². The van der Waals surface area contributed by atoms with Crippen molar-refractivity contribution in [1.29, 1.82) is 0 Å². The van der Waals surface area contributed by atoms with Crippen molar-refractivity contribution in [3.05, 3.63) is 0 Å². The molecule has 0 spiro atoms. The molecule has 2 unspecified atom stereocenters. The predicted molar refractivity (Wildman–Crippen MR) is 95.5 cm³/mol. The molecule has 2 atom stereocenters. The highest BCUT2D eigenvalue weighted by Gasteiger charge is 2.01. The molecule has 0 aliphatic rings. The Morgan fingerprint density at radius 2 is 1.13 bits per heavy atom. The molecule has 0 amide bonds. The fraction of sp³-hybridized carbons (Fsp3) is 1.00. The third-order valence-corrected chi connectivity index (χ3v) is 8.00. The second kappa shape index (κ2) is 12.9. The molecule has 0 fully saturated rings. The molecule has 0 aromatic carbocycles. The van der Waals surface area contributed by atoms with Crippen molar-refractivity contribution in [2.75, 3.05) is 33.2 Å². The van der Waals surface area contributed by atoms with E-state index in [4.69, 9.17) is 0 Å². The van der Waals surface area contributed by atoms with Crippen LogP contribution in [-0.4, -0.2) is 43.7 Å². The summed E-state index contributed by atoms with van der Waals surface area (Å²) >= 11 is 23.0. The van der Waals surface area contributed by atoms with Crippen LogP contribution in [-0.2, 0) is 0 Å². The van der Waals surface area contributed by atoms with E-state index < -0.39 is 0 Å². The maximum absolute atomic E-state index is 4.38. The van der Waals surface area contributed by atoms with Gasteiger partial charge in [0.15, 0.2) is 0 Å². The van der Waals surface area contributed by atoms with E-state index in [2.05, 4.69) is 50.5 Å². The Morgan fingerprint density at radius 3 is 1.47 bits per heavy atom. The third kappa shape index (κ3) is 12.7. The van der Waals surface area contributed by atoms with Gasteiger partial charge in [0, 0.05) is 43.7 Å². The molecule has 0 aromatic heterocycles. The van der Waals surface area contributed by atoms with Crippen LogP contribution in [0.3, 0.4) is 0 Å². The minimum Gasteiger partial charge on any atom is -0.178 e. The molecule has 0 radical (unpaired) electrons. The quantitative estimate of drug-likeness (QED) is 0.273. The Morgan fingerprint density at radius 1 is 0.733 bits per heavy atom. The van der Waals surface area contributed by atoms with E-state index in [-0.39, 0.29) is 0 Å². The number of thioether (sulfide) groups is 3. The summed E-state index contributed by atoms with van der Waals surface area (Å²) in [6.07, 6.45) is 0. The van der Waals surface area contributed by atoms with Gasteiger partial charge in [0.25, 0.3) is 0 Å². The third-order valence-electron chi connectivity index (χ3n) is 1.38. The van der Waals surface area contributed by atoms with Crippen molar-refractivity contribution in [3.63, 3.8) is 0 Å². The summed E-state index contributed by atoms with van der Waals surface area (Å²) in [4.78, 5) is 0. The average Bonchev–Trinajstić information content (AvgIpc) is 2.26. The highest BCUT2D eigenvalue weighted by Crippen LogP contribution is 2.20. The van der Waals surface area contributed by atoms with E-state index in [9.17, 15) is 0 Å². The van der Waals surface area contributed by atoms with Gasteiger partial charge in [0.1, 0.15) is 0 Å².